The maximum atomic E-state index is 15.6. The molecule has 0 bridgehead atoms. The molecule has 0 spiro atoms. The van der Waals surface area contributed by atoms with Crippen LogP contribution >= 0.6 is 0 Å². The average molecular weight is 475 g/mol. The summed E-state index contributed by atoms with van der Waals surface area (Å²) >= 11 is 0. The number of hydrogen-bond acceptors (Lipinski definition) is 6. The van der Waals surface area contributed by atoms with Crippen molar-refractivity contribution in [1.82, 2.24) is 9.55 Å². The van der Waals surface area contributed by atoms with Gasteiger partial charge in [-0.05, 0) is 37.3 Å². The van der Waals surface area contributed by atoms with E-state index >= 15 is 4.39 Å². The Balaban J connectivity index is 1.62. The summed E-state index contributed by atoms with van der Waals surface area (Å²) in [6, 6.07) is 2.45. The second kappa shape index (κ2) is 8.08. The smallest absolute Gasteiger partial charge is 0.329 e. The minimum Gasteiger partial charge on any atom is -0.492 e. The molecule has 3 aromatic rings. The van der Waals surface area contributed by atoms with Crippen LogP contribution in [0.25, 0.3) is 10.9 Å². The molecule has 0 amide bonds. The Morgan fingerprint density at radius 1 is 1.15 bits per heavy atom. The number of methoxy groups -OCH3 is 1. The Morgan fingerprint density at radius 3 is 2.44 bits per heavy atom. The number of halogens is 3. The highest BCUT2D eigenvalue weighted by Crippen LogP contribution is 2.46. The van der Waals surface area contributed by atoms with Gasteiger partial charge >= 0.3 is 5.69 Å². The Labute approximate surface area is 191 Å². The molecule has 2 atom stereocenters. The maximum Gasteiger partial charge on any atom is 0.329 e. The number of ether oxygens (including phenoxy) is 1. The third kappa shape index (κ3) is 3.33. The lowest BCUT2D eigenvalue weighted by molar-refractivity contribution is 0.411. The van der Waals surface area contributed by atoms with Crippen molar-refractivity contribution in [3.63, 3.8) is 0 Å². The van der Waals surface area contributed by atoms with Gasteiger partial charge in [0, 0.05) is 30.7 Å². The molecule has 8 nitrogen and oxygen atoms in total. The molecular weight excluding hydrogens is 451 g/mol. The molecule has 1 aliphatic carbocycles. The molecule has 2 aromatic carbocycles. The van der Waals surface area contributed by atoms with E-state index in [-0.39, 0.29) is 40.5 Å². The first-order valence-corrected chi connectivity index (χ1v) is 11.0. The van der Waals surface area contributed by atoms with Gasteiger partial charge in [0.1, 0.15) is 22.8 Å². The van der Waals surface area contributed by atoms with Gasteiger partial charge in [0.25, 0.3) is 5.56 Å². The number of aromatic amines is 1. The van der Waals surface area contributed by atoms with Crippen molar-refractivity contribution in [2.24, 2.45) is 11.7 Å². The van der Waals surface area contributed by atoms with Crippen LogP contribution in [0.2, 0.25) is 0 Å². The lowest BCUT2D eigenvalue weighted by atomic mass is 9.92. The highest BCUT2D eigenvalue weighted by molar-refractivity contribution is 5.99. The van der Waals surface area contributed by atoms with Crippen molar-refractivity contribution < 1.29 is 17.9 Å². The van der Waals surface area contributed by atoms with Gasteiger partial charge in [-0.3, -0.25) is 14.3 Å². The first kappa shape index (κ1) is 22.3. The van der Waals surface area contributed by atoms with Crippen molar-refractivity contribution in [3.8, 4) is 5.75 Å². The van der Waals surface area contributed by atoms with Gasteiger partial charge in [0.2, 0.25) is 0 Å². The number of fused-ring (bicyclic) bond motifs is 1. The van der Waals surface area contributed by atoms with Crippen LogP contribution in [-0.4, -0.2) is 29.8 Å². The van der Waals surface area contributed by atoms with Crippen molar-refractivity contribution in [2.75, 3.05) is 30.8 Å². The largest absolute Gasteiger partial charge is 0.492 e. The number of benzene rings is 2. The zero-order valence-corrected chi connectivity index (χ0v) is 18.4. The van der Waals surface area contributed by atoms with E-state index in [0.717, 1.165) is 25.0 Å². The fourth-order valence-corrected chi connectivity index (χ4v) is 4.98. The summed E-state index contributed by atoms with van der Waals surface area (Å²) in [5.74, 6) is -2.71. The third-order valence-electron chi connectivity index (χ3n) is 6.79. The minimum atomic E-state index is -0.953. The van der Waals surface area contributed by atoms with Crippen LogP contribution in [0.1, 0.15) is 36.9 Å². The van der Waals surface area contributed by atoms with Crippen molar-refractivity contribution in [1.29, 1.82) is 0 Å². The van der Waals surface area contributed by atoms with Gasteiger partial charge in [-0.15, -0.1) is 0 Å². The highest BCUT2D eigenvalue weighted by Gasteiger charge is 2.37. The van der Waals surface area contributed by atoms with E-state index in [9.17, 15) is 18.4 Å². The quantitative estimate of drug-likeness (QED) is 0.488. The summed E-state index contributed by atoms with van der Waals surface area (Å²) in [6.07, 6.45) is 1.89. The van der Waals surface area contributed by atoms with Gasteiger partial charge in [-0.2, -0.15) is 0 Å². The SMILES string of the molecule is COc1c(N2CCC(C(N)c3c(F)cccc3F)C2)c(F)c(N)c2c(=O)[nH]c(=O)n(C3CC3)c12. The molecule has 5 rings (SSSR count). The summed E-state index contributed by atoms with van der Waals surface area (Å²) in [6.45, 7) is 0.480. The second-order valence-corrected chi connectivity index (χ2v) is 8.85. The van der Waals surface area contributed by atoms with Gasteiger partial charge in [-0.25, -0.2) is 18.0 Å². The van der Waals surface area contributed by atoms with E-state index in [0.29, 0.717) is 13.0 Å². The van der Waals surface area contributed by atoms with Crippen LogP contribution in [0, 0.1) is 23.4 Å². The van der Waals surface area contributed by atoms with Crippen molar-refractivity contribution in [3.05, 3.63) is 62.1 Å². The number of anilines is 2. The molecule has 180 valence electrons. The monoisotopic (exact) mass is 475 g/mol. The van der Waals surface area contributed by atoms with E-state index in [4.69, 9.17) is 16.2 Å². The molecule has 11 heteroatoms. The Bertz CT molecular complexity index is 1400. The normalized spacial score (nSPS) is 19.1. The Hall–Kier alpha value is -3.47. The number of nitrogen functional groups attached to an aromatic ring is 1. The number of aromatic nitrogens is 2. The second-order valence-electron chi connectivity index (χ2n) is 8.85. The van der Waals surface area contributed by atoms with Crippen molar-refractivity contribution in [2.45, 2.75) is 31.3 Å². The van der Waals surface area contributed by atoms with E-state index in [1.165, 1.54) is 17.7 Å². The lowest BCUT2D eigenvalue weighted by Gasteiger charge is -2.26. The summed E-state index contributed by atoms with van der Waals surface area (Å²) in [7, 11) is 1.32. The first-order chi connectivity index (χ1) is 16.2. The zero-order chi connectivity index (χ0) is 24.3. The van der Waals surface area contributed by atoms with Crippen LogP contribution in [0.4, 0.5) is 24.5 Å². The molecule has 2 aliphatic rings. The molecule has 5 N–H and O–H groups in total. The molecule has 1 saturated carbocycles. The minimum absolute atomic E-state index is 0.00407. The van der Waals surface area contributed by atoms with Gasteiger partial charge in [0.05, 0.1) is 18.2 Å². The molecular formula is C23H24F3N5O3. The van der Waals surface area contributed by atoms with Crippen LogP contribution in [-0.2, 0) is 0 Å². The number of nitrogens with two attached hydrogens (primary N) is 2. The maximum absolute atomic E-state index is 15.6. The number of nitrogens with one attached hydrogen (secondary N) is 1. The highest BCUT2D eigenvalue weighted by atomic mass is 19.1. The summed E-state index contributed by atoms with van der Waals surface area (Å²) < 4.78 is 51.1. The molecule has 1 aliphatic heterocycles. The third-order valence-corrected chi connectivity index (χ3v) is 6.79. The van der Waals surface area contributed by atoms with Gasteiger partial charge in [0.15, 0.2) is 11.6 Å². The summed E-state index contributed by atoms with van der Waals surface area (Å²) in [5.41, 5.74) is 10.4. The fourth-order valence-electron chi connectivity index (χ4n) is 4.98. The van der Waals surface area contributed by atoms with Crippen LogP contribution in [0.5, 0.6) is 5.75 Å². The summed E-state index contributed by atoms with van der Waals surface area (Å²) in [4.78, 5) is 29.0. The molecule has 2 heterocycles. The van der Waals surface area contributed by atoms with Crippen LogP contribution in [0.3, 0.4) is 0 Å². The fraction of sp³-hybridized carbons (Fsp3) is 0.391. The number of H-pyrrole nitrogens is 1. The summed E-state index contributed by atoms with van der Waals surface area (Å²) in [5, 5.41) is -0.148. The van der Waals surface area contributed by atoms with Gasteiger partial charge < -0.3 is 21.1 Å². The van der Waals surface area contributed by atoms with Crippen LogP contribution < -0.4 is 32.4 Å². The predicted octanol–water partition coefficient (Wildman–Crippen LogP) is 2.56. The zero-order valence-electron chi connectivity index (χ0n) is 18.4. The van der Waals surface area contributed by atoms with Crippen LogP contribution in [0.15, 0.2) is 27.8 Å². The predicted molar refractivity (Wildman–Crippen MR) is 122 cm³/mol. The molecule has 34 heavy (non-hydrogen) atoms. The van der Waals surface area contributed by atoms with Crippen molar-refractivity contribution >= 4 is 22.3 Å². The Kier molecular flexibility index (Phi) is 5.31. The molecule has 0 radical (unpaired) electrons. The number of rotatable bonds is 5. The van der Waals surface area contributed by atoms with E-state index in [1.807, 2.05) is 0 Å². The molecule has 2 fully saturated rings. The lowest BCUT2D eigenvalue weighted by Crippen LogP contribution is -2.32. The van der Waals surface area contributed by atoms with E-state index in [2.05, 4.69) is 4.98 Å². The number of nitrogens with zero attached hydrogens (tertiary/aromatic N) is 2. The first-order valence-electron chi connectivity index (χ1n) is 11.0. The van der Waals surface area contributed by atoms with Gasteiger partial charge in [-0.1, -0.05) is 6.07 Å². The Morgan fingerprint density at radius 2 is 1.82 bits per heavy atom. The standard InChI is InChI=1S/C23H24F3N5O3/c1-34-21-19-15(22(32)29-23(33)31(19)11-5-6-11)18(28)16(26)20(21)30-8-7-10(9-30)17(27)14-12(24)3-2-4-13(14)25/h2-4,10-11,17H,5-9,27-28H2,1H3,(H,29,32,33). The molecule has 2 unspecified atom stereocenters. The molecule has 1 aromatic heterocycles. The van der Waals surface area contributed by atoms with E-state index in [1.54, 1.807) is 4.90 Å². The molecule has 1 saturated heterocycles. The number of hydrogen-bond donors (Lipinski definition) is 3. The van der Waals surface area contributed by atoms with E-state index < -0.39 is 46.3 Å². The topological polar surface area (TPSA) is 119 Å². The average Bonchev–Trinajstić information content (AvgIpc) is 3.50.